The molecule has 0 saturated heterocycles. The standard InChI is InChI=1S/C16H14FN3O2/c1-3-20-15(21)13(11(2)14(10-18)16(20)22)5-4-12-6-8-19(17)9-7-12/h4-9H,3H2,1-2H3/b13-5-. The first kappa shape index (κ1) is 15.4. The van der Waals surface area contributed by atoms with Crippen LogP contribution in [0.15, 0.2) is 59.0 Å². The Morgan fingerprint density at radius 3 is 2.41 bits per heavy atom. The third-order valence-corrected chi connectivity index (χ3v) is 3.40. The van der Waals surface area contributed by atoms with Crippen molar-refractivity contribution in [1.82, 2.24) is 10.0 Å². The maximum atomic E-state index is 12.8. The molecule has 0 aromatic heterocycles. The number of hydrogen-bond acceptors (Lipinski definition) is 4. The first-order valence-electron chi connectivity index (χ1n) is 6.69. The van der Waals surface area contributed by atoms with Crippen molar-refractivity contribution >= 4 is 11.8 Å². The summed E-state index contributed by atoms with van der Waals surface area (Å²) in [5, 5.41) is 9.53. The molecule has 6 heteroatoms. The average molecular weight is 299 g/mol. The van der Waals surface area contributed by atoms with E-state index in [1.807, 2.05) is 6.07 Å². The minimum atomic E-state index is -0.567. The van der Waals surface area contributed by atoms with Gasteiger partial charge < -0.3 is 0 Å². The van der Waals surface area contributed by atoms with Crippen molar-refractivity contribution in [3.05, 3.63) is 59.0 Å². The highest BCUT2D eigenvalue weighted by atomic mass is 19.2. The van der Waals surface area contributed by atoms with Crippen LogP contribution in [0.25, 0.3) is 0 Å². The number of imide groups is 1. The van der Waals surface area contributed by atoms with Crippen molar-refractivity contribution in [3.63, 3.8) is 0 Å². The fourth-order valence-electron chi connectivity index (χ4n) is 2.15. The Kier molecular flexibility index (Phi) is 4.37. The quantitative estimate of drug-likeness (QED) is 0.446. The summed E-state index contributed by atoms with van der Waals surface area (Å²) in [5.74, 6) is -1.00. The van der Waals surface area contributed by atoms with Crippen LogP contribution >= 0.6 is 0 Å². The lowest BCUT2D eigenvalue weighted by atomic mass is 9.94. The molecule has 0 unspecified atom stereocenters. The van der Waals surface area contributed by atoms with Crippen LogP contribution in [0.4, 0.5) is 4.48 Å². The van der Waals surface area contributed by atoms with E-state index in [1.54, 1.807) is 26.0 Å². The van der Waals surface area contributed by atoms with Gasteiger partial charge in [0.1, 0.15) is 11.6 Å². The highest BCUT2D eigenvalue weighted by molar-refractivity contribution is 6.18. The summed E-state index contributed by atoms with van der Waals surface area (Å²) < 4.78 is 12.8. The van der Waals surface area contributed by atoms with Gasteiger partial charge in [0.25, 0.3) is 11.8 Å². The molecule has 0 aliphatic carbocycles. The highest BCUT2D eigenvalue weighted by Gasteiger charge is 2.33. The normalized spacial score (nSPS) is 20.1. The second-order valence-corrected chi connectivity index (χ2v) is 4.69. The van der Waals surface area contributed by atoms with Gasteiger partial charge in [0.05, 0.1) is 0 Å². The maximum absolute atomic E-state index is 12.8. The van der Waals surface area contributed by atoms with Gasteiger partial charge in [0.15, 0.2) is 0 Å². The van der Waals surface area contributed by atoms with Crippen LogP contribution in [0.5, 0.6) is 0 Å². The summed E-state index contributed by atoms with van der Waals surface area (Å²) in [6, 6.07) is 1.85. The molecule has 2 amide bonds. The molecule has 22 heavy (non-hydrogen) atoms. The van der Waals surface area contributed by atoms with E-state index in [1.165, 1.54) is 24.6 Å². The van der Waals surface area contributed by atoms with Crippen LogP contribution in [0, 0.1) is 11.3 Å². The summed E-state index contributed by atoms with van der Waals surface area (Å²) in [7, 11) is 0. The van der Waals surface area contributed by atoms with Gasteiger partial charge in [-0.3, -0.25) is 14.5 Å². The zero-order valence-corrected chi connectivity index (χ0v) is 12.2. The average Bonchev–Trinajstić information content (AvgIpc) is 2.50. The van der Waals surface area contributed by atoms with E-state index in [0.29, 0.717) is 16.3 Å². The lowest BCUT2D eigenvalue weighted by Crippen LogP contribution is -2.42. The lowest BCUT2D eigenvalue weighted by Gasteiger charge is -2.26. The molecular weight excluding hydrogens is 285 g/mol. The number of halogens is 1. The Hall–Kier alpha value is -2.94. The number of carbonyl (C=O) groups is 2. The Bertz CT molecular complexity index is 704. The van der Waals surface area contributed by atoms with Crippen LogP contribution in [0.2, 0.25) is 0 Å². The Morgan fingerprint density at radius 2 is 1.86 bits per heavy atom. The number of nitrogens with zero attached hydrogens (tertiary/aromatic N) is 3. The summed E-state index contributed by atoms with van der Waals surface area (Å²) in [6.45, 7) is 3.44. The summed E-state index contributed by atoms with van der Waals surface area (Å²) in [5.41, 5.74) is 1.31. The van der Waals surface area contributed by atoms with Crippen molar-refractivity contribution in [1.29, 1.82) is 5.26 Å². The number of allylic oxidation sites excluding steroid dienone is 5. The molecule has 2 aliphatic heterocycles. The molecule has 0 atom stereocenters. The number of rotatable bonds is 2. The second kappa shape index (κ2) is 6.22. The molecule has 2 heterocycles. The molecule has 0 spiro atoms. The van der Waals surface area contributed by atoms with Gasteiger partial charge in [0, 0.05) is 24.5 Å². The largest absolute Gasteiger partial charge is 0.274 e. The van der Waals surface area contributed by atoms with Crippen molar-refractivity contribution in [2.75, 3.05) is 6.54 Å². The van der Waals surface area contributed by atoms with E-state index in [2.05, 4.69) is 0 Å². The van der Waals surface area contributed by atoms with E-state index < -0.39 is 11.8 Å². The van der Waals surface area contributed by atoms with Crippen molar-refractivity contribution in [2.45, 2.75) is 13.8 Å². The lowest BCUT2D eigenvalue weighted by molar-refractivity contribution is -0.140. The number of nitriles is 1. The molecule has 0 fully saturated rings. The fourth-order valence-corrected chi connectivity index (χ4v) is 2.15. The predicted molar refractivity (Wildman–Crippen MR) is 78.1 cm³/mol. The number of hydrogen-bond donors (Lipinski definition) is 0. The molecule has 0 aromatic carbocycles. The molecule has 112 valence electrons. The predicted octanol–water partition coefficient (Wildman–Crippen LogP) is 2.30. The smallest absolute Gasteiger partial charge is 0.271 e. The molecule has 0 aromatic rings. The van der Waals surface area contributed by atoms with E-state index in [0.717, 1.165) is 4.90 Å². The fraction of sp³-hybridized carbons (Fsp3) is 0.188. The van der Waals surface area contributed by atoms with Crippen molar-refractivity contribution in [3.8, 4) is 6.07 Å². The number of amides is 2. The van der Waals surface area contributed by atoms with Crippen LogP contribution in [0.1, 0.15) is 13.8 Å². The number of likely N-dealkylation sites (N-methyl/N-ethyl adjacent to an activating group) is 1. The minimum Gasteiger partial charge on any atom is -0.274 e. The van der Waals surface area contributed by atoms with Gasteiger partial charge in [0.2, 0.25) is 0 Å². The van der Waals surface area contributed by atoms with Crippen molar-refractivity contribution in [2.24, 2.45) is 0 Å². The molecule has 2 rings (SSSR count). The van der Waals surface area contributed by atoms with Gasteiger partial charge in [-0.05, 0) is 43.2 Å². The first-order chi connectivity index (χ1) is 10.5. The van der Waals surface area contributed by atoms with E-state index >= 15 is 0 Å². The topological polar surface area (TPSA) is 64.4 Å². The minimum absolute atomic E-state index is 0.0317. The Morgan fingerprint density at radius 1 is 1.23 bits per heavy atom. The third kappa shape index (κ3) is 2.74. The zero-order chi connectivity index (χ0) is 16.3. The van der Waals surface area contributed by atoms with Gasteiger partial charge >= 0.3 is 0 Å². The SMILES string of the molecule is CCN1C(=O)C(C#N)=C(C)/C(=C/C=C2C=CN(F)C=C2)C1=O. The van der Waals surface area contributed by atoms with Crippen LogP contribution < -0.4 is 0 Å². The summed E-state index contributed by atoms with van der Waals surface area (Å²) in [4.78, 5) is 25.4. The summed E-state index contributed by atoms with van der Waals surface area (Å²) >= 11 is 0. The van der Waals surface area contributed by atoms with Crippen LogP contribution in [0.3, 0.4) is 0 Å². The Balaban J connectivity index is 2.45. The van der Waals surface area contributed by atoms with Crippen LogP contribution in [-0.2, 0) is 9.59 Å². The van der Waals surface area contributed by atoms with E-state index in [9.17, 15) is 14.1 Å². The summed E-state index contributed by atoms with van der Waals surface area (Å²) in [6.07, 6.45) is 8.72. The van der Waals surface area contributed by atoms with Gasteiger partial charge in [-0.2, -0.15) is 10.4 Å². The second-order valence-electron chi connectivity index (χ2n) is 4.69. The first-order valence-corrected chi connectivity index (χ1v) is 6.69. The van der Waals surface area contributed by atoms with Crippen molar-refractivity contribution < 1.29 is 14.1 Å². The maximum Gasteiger partial charge on any atom is 0.271 e. The van der Waals surface area contributed by atoms with Gasteiger partial charge in [-0.15, -0.1) is 0 Å². The zero-order valence-electron chi connectivity index (χ0n) is 12.2. The van der Waals surface area contributed by atoms with Gasteiger partial charge in [-0.1, -0.05) is 10.6 Å². The number of carbonyl (C=O) groups excluding carboxylic acids is 2. The van der Waals surface area contributed by atoms with E-state index in [-0.39, 0.29) is 17.7 Å². The van der Waals surface area contributed by atoms with Crippen LogP contribution in [-0.4, -0.2) is 28.4 Å². The molecular formula is C16H14FN3O2. The third-order valence-electron chi connectivity index (χ3n) is 3.40. The highest BCUT2D eigenvalue weighted by Crippen LogP contribution is 2.25. The monoisotopic (exact) mass is 299 g/mol. The van der Waals surface area contributed by atoms with Gasteiger partial charge in [-0.25, -0.2) is 0 Å². The molecule has 2 aliphatic rings. The molecule has 0 radical (unpaired) electrons. The molecule has 0 saturated carbocycles. The molecule has 0 bridgehead atoms. The Labute approximate surface area is 127 Å². The molecule has 5 nitrogen and oxygen atoms in total. The molecule has 0 N–H and O–H groups in total. The van der Waals surface area contributed by atoms with E-state index in [4.69, 9.17) is 5.26 Å².